The van der Waals surface area contributed by atoms with Gasteiger partial charge in [0, 0.05) is 17.9 Å². The summed E-state index contributed by atoms with van der Waals surface area (Å²) in [6.45, 7) is 16.7. The van der Waals surface area contributed by atoms with Gasteiger partial charge in [0.15, 0.2) is 0 Å². The Labute approximate surface area is 264 Å². The van der Waals surface area contributed by atoms with Gasteiger partial charge in [0.05, 0.1) is 0 Å². The molecule has 0 aromatic heterocycles. The first-order chi connectivity index (χ1) is 21.5. The summed E-state index contributed by atoms with van der Waals surface area (Å²) in [4.78, 5) is 2.32. The van der Waals surface area contributed by atoms with Gasteiger partial charge in [0.2, 0.25) is 0 Å². The molecule has 0 saturated heterocycles. The third-order valence-corrected chi connectivity index (χ3v) is 7.43. The molecule has 218 valence electrons. The molecule has 0 unspecified atom stereocenters. The quantitative estimate of drug-likeness (QED) is 0.144. The van der Waals surface area contributed by atoms with Crippen molar-refractivity contribution < 1.29 is 0 Å². The van der Waals surface area contributed by atoms with Crippen molar-refractivity contribution in [2.75, 3.05) is 11.4 Å². The van der Waals surface area contributed by atoms with Gasteiger partial charge in [-0.2, -0.15) is 0 Å². The van der Waals surface area contributed by atoms with E-state index in [9.17, 15) is 0 Å². The van der Waals surface area contributed by atoms with Crippen LogP contribution in [0.25, 0.3) is 22.3 Å². The molecule has 0 atom stereocenters. The smallest absolute Gasteiger partial charge is 0.0415 e. The highest BCUT2D eigenvalue weighted by molar-refractivity contribution is 5.73. The molecule has 44 heavy (non-hydrogen) atoms. The molecular weight excluding hydrogens is 530 g/mol. The fourth-order valence-electron chi connectivity index (χ4n) is 4.79. The first-order valence-electron chi connectivity index (χ1n) is 14.9. The minimum atomic E-state index is 0.717. The van der Waals surface area contributed by atoms with Crippen LogP contribution in [0.4, 0.5) is 11.4 Å². The Morgan fingerprint density at radius 2 is 1.07 bits per heavy atom. The van der Waals surface area contributed by atoms with E-state index in [2.05, 4.69) is 166 Å². The van der Waals surface area contributed by atoms with Crippen molar-refractivity contribution in [3.05, 3.63) is 206 Å². The maximum atomic E-state index is 4.13. The van der Waals surface area contributed by atoms with E-state index in [-0.39, 0.29) is 0 Å². The van der Waals surface area contributed by atoms with Gasteiger partial charge in [0.25, 0.3) is 0 Å². The van der Waals surface area contributed by atoms with E-state index < -0.39 is 0 Å². The zero-order valence-electron chi connectivity index (χ0n) is 25.9. The average molecular weight is 572 g/mol. The van der Waals surface area contributed by atoms with Gasteiger partial charge in [-0.05, 0) is 82.7 Å². The van der Waals surface area contributed by atoms with E-state index in [1.807, 2.05) is 30.4 Å². The third-order valence-electron chi connectivity index (χ3n) is 7.43. The zero-order valence-corrected chi connectivity index (χ0v) is 25.9. The minimum Gasteiger partial charge on any atom is -0.338 e. The Morgan fingerprint density at radius 3 is 1.64 bits per heavy atom. The summed E-state index contributed by atoms with van der Waals surface area (Å²) in [6.07, 6.45) is 18.1. The number of nitrogens with zero attached hydrogens (tertiary/aromatic N) is 1. The highest BCUT2D eigenvalue weighted by atomic mass is 15.1. The number of rotatable bonds is 13. The molecule has 0 heterocycles. The van der Waals surface area contributed by atoms with Crippen LogP contribution in [0, 0.1) is 0 Å². The van der Waals surface area contributed by atoms with Crippen molar-refractivity contribution in [3.8, 4) is 22.3 Å². The number of hydrogen-bond donors (Lipinski definition) is 0. The van der Waals surface area contributed by atoms with Gasteiger partial charge in [-0.15, -0.1) is 0 Å². The van der Waals surface area contributed by atoms with Crippen LogP contribution in [0.5, 0.6) is 0 Å². The van der Waals surface area contributed by atoms with E-state index in [0.717, 1.165) is 40.2 Å². The van der Waals surface area contributed by atoms with E-state index in [1.54, 1.807) is 6.08 Å². The van der Waals surface area contributed by atoms with Gasteiger partial charge in [-0.3, -0.25) is 0 Å². The Morgan fingerprint density at radius 1 is 0.568 bits per heavy atom. The molecule has 0 fully saturated rings. The molecule has 0 N–H and O–H groups in total. The fraction of sp³-hybridized carbons (Fsp3) is 0.0698. The molecule has 0 saturated carbocycles. The van der Waals surface area contributed by atoms with E-state index in [0.29, 0.717) is 0 Å². The first kappa shape index (κ1) is 31.5. The molecule has 0 bridgehead atoms. The highest BCUT2D eigenvalue weighted by Gasteiger charge is 2.09. The summed E-state index contributed by atoms with van der Waals surface area (Å²) in [5.41, 5.74) is 11.5. The molecule has 1 heteroatoms. The molecule has 4 rings (SSSR count). The van der Waals surface area contributed by atoms with Gasteiger partial charge < -0.3 is 4.90 Å². The molecule has 0 amide bonds. The fourth-order valence-corrected chi connectivity index (χ4v) is 4.79. The Kier molecular flexibility index (Phi) is 11.7. The number of hydrogen-bond acceptors (Lipinski definition) is 1. The number of benzene rings is 4. The van der Waals surface area contributed by atoms with Crippen molar-refractivity contribution >= 4 is 11.4 Å². The zero-order chi connectivity index (χ0) is 31.1. The van der Waals surface area contributed by atoms with Crippen molar-refractivity contribution in [3.63, 3.8) is 0 Å². The van der Waals surface area contributed by atoms with Gasteiger partial charge in [0.1, 0.15) is 0 Å². The lowest BCUT2D eigenvalue weighted by Gasteiger charge is -2.24. The maximum Gasteiger partial charge on any atom is 0.0415 e. The average Bonchev–Trinajstić information content (AvgIpc) is 3.08. The number of allylic oxidation sites excluding steroid dienone is 12. The molecule has 0 radical (unpaired) electrons. The summed E-state index contributed by atoms with van der Waals surface area (Å²) < 4.78 is 0. The molecular formula is C43H41N. The van der Waals surface area contributed by atoms with Crippen molar-refractivity contribution in [1.82, 2.24) is 0 Å². The van der Waals surface area contributed by atoms with Crippen LogP contribution in [0.2, 0.25) is 0 Å². The summed E-state index contributed by atoms with van der Waals surface area (Å²) in [5, 5.41) is 0. The molecule has 0 aliphatic rings. The number of para-hydroxylation sites is 1. The van der Waals surface area contributed by atoms with Crippen molar-refractivity contribution in [1.29, 1.82) is 0 Å². The Balaban J connectivity index is 1.53. The van der Waals surface area contributed by atoms with Crippen LogP contribution in [-0.4, -0.2) is 6.54 Å². The van der Waals surface area contributed by atoms with Crippen LogP contribution in [0.1, 0.15) is 13.8 Å². The summed E-state index contributed by atoms with van der Waals surface area (Å²) in [6, 6.07) is 38.6. The Bertz CT molecular complexity index is 1690. The summed E-state index contributed by atoms with van der Waals surface area (Å²) >= 11 is 0. The standard InChI is InChI=1S/C43H41N/c1-6-8-17-34(3)35(4)23-24-36(5)37(16-7-2)20-15-33-44(42-21-13-10-14-22-42)43-31-29-41(30-32-43)40-27-25-39(26-28-40)38-18-11-9-12-19-38/h6-32H,1-3,33H2,4-5H3/b17-8-,20-15-,35-23-,36-24+,37-16+. The molecule has 0 spiro atoms. The Hall–Kier alpha value is -5.40. The third kappa shape index (κ3) is 8.80. The maximum absolute atomic E-state index is 4.13. The molecule has 4 aromatic carbocycles. The van der Waals surface area contributed by atoms with Crippen LogP contribution in [0.15, 0.2) is 206 Å². The van der Waals surface area contributed by atoms with E-state index in [4.69, 9.17) is 0 Å². The van der Waals surface area contributed by atoms with Crippen molar-refractivity contribution in [2.24, 2.45) is 0 Å². The largest absolute Gasteiger partial charge is 0.338 e. The van der Waals surface area contributed by atoms with Crippen LogP contribution in [0.3, 0.4) is 0 Å². The van der Waals surface area contributed by atoms with E-state index in [1.165, 1.54) is 22.3 Å². The first-order valence-corrected chi connectivity index (χ1v) is 14.9. The second kappa shape index (κ2) is 16.3. The molecule has 0 aliphatic heterocycles. The molecule has 4 aromatic rings. The lowest BCUT2D eigenvalue weighted by Crippen LogP contribution is -2.16. The second-order valence-electron chi connectivity index (χ2n) is 10.5. The number of anilines is 2. The molecule has 0 aliphatic carbocycles. The predicted octanol–water partition coefficient (Wildman–Crippen LogP) is 12.0. The van der Waals surface area contributed by atoms with Gasteiger partial charge in [-0.25, -0.2) is 0 Å². The second-order valence-corrected chi connectivity index (χ2v) is 10.5. The monoisotopic (exact) mass is 571 g/mol. The minimum absolute atomic E-state index is 0.717. The van der Waals surface area contributed by atoms with Crippen molar-refractivity contribution in [2.45, 2.75) is 13.8 Å². The van der Waals surface area contributed by atoms with Crippen LogP contribution < -0.4 is 4.90 Å². The highest BCUT2D eigenvalue weighted by Crippen LogP contribution is 2.30. The van der Waals surface area contributed by atoms with Gasteiger partial charge in [-0.1, -0.05) is 159 Å². The lowest BCUT2D eigenvalue weighted by molar-refractivity contribution is 1.09. The van der Waals surface area contributed by atoms with E-state index >= 15 is 0 Å². The lowest BCUT2D eigenvalue weighted by atomic mass is 10.00. The van der Waals surface area contributed by atoms with Crippen LogP contribution >= 0.6 is 0 Å². The summed E-state index contributed by atoms with van der Waals surface area (Å²) in [5.74, 6) is 0. The SMILES string of the molecule is C=C/C=C\C(=C)\C(C)=C/C=C(C)/C(/C=C\CN(c1ccccc1)c1ccc(-c2ccc(-c3ccccc3)cc2)cc1)=C/C=C. The topological polar surface area (TPSA) is 3.24 Å². The predicted molar refractivity (Wildman–Crippen MR) is 194 cm³/mol. The molecule has 1 nitrogen and oxygen atoms in total. The van der Waals surface area contributed by atoms with Crippen LogP contribution in [-0.2, 0) is 0 Å². The van der Waals surface area contributed by atoms with Gasteiger partial charge >= 0.3 is 0 Å². The normalized spacial score (nSPS) is 12.5. The summed E-state index contributed by atoms with van der Waals surface area (Å²) in [7, 11) is 0.